The number of carbonyl (C=O) groups excluding carboxylic acids is 1. The number of halogens is 1. The van der Waals surface area contributed by atoms with Gasteiger partial charge in [-0.2, -0.15) is 0 Å². The summed E-state index contributed by atoms with van der Waals surface area (Å²) in [5.74, 6) is 0.0152. The Bertz CT molecular complexity index is 820. The summed E-state index contributed by atoms with van der Waals surface area (Å²) in [6, 6.07) is 17.9. The van der Waals surface area contributed by atoms with Gasteiger partial charge in [-0.25, -0.2) is 0 Å². The molecule has 1 aromatic heterocycles. The standard InChI is InChI=1S/C19H18N2O2S.ClH/c20-12-17(13-6-8-16(22)9-7-13)21-19(23)15-4-1-3-14(11-15)18-5-2-10-24-18;/h1-11,17,22H,12,20H2,(H,21,23);1H. The smallest absolute Gasteiger partial charge is 0.251 e. The molecule has 3 rings (SSSR count). The lowest BCUT2D eigenvalue weighted by molar-refractivity contribution is 0.0938. The number of nitrogens with one attached hydrogen (secondary N) is 1. The van der Waals surface area contributed by atoms with Gasteiger partial charge in [0.1, 0.15) is 5.75 Å². The molecule has 2 aromatic carbocycles. The van der Waals surface area contributed by atoms with Crippen LogP contribution in [0.1, 0.15) is 22.0 Å². The van der Waals surface area contributed by atoms with E-state index >= 15 is 0 Å². The average molecular weight is 375 g/mol. The highest BCUT2D eigenvalue weighted by Gasteiger charge is 2.15. The Morgan fingerprint density at radius 3 is 2.52 bits per heavy atom. The van der Waals surface area contributed by atoms with Gasteiger partial charge in [0.05, 0.1) is 6.04 Å². The Hall–Kier alpha value is -2.34. The first-order valence-corrected chi connectivity index (χ1v) is 8.49. The number of aromatic hydroxyl groups is 1. The summed E-state index contributed by atoms with van der Waals surface area (Å²) >= 11 is 1.64. The molecule has 0 saturated heterocycles. The molecule has 130 valence electrons. The van der Waals surface area contributed by atoms with Crippen molar-refractivity contribution in [1.29, 1.82) is 0 Å². The topological polar surface area (TPSA) is 75.3 Å². The maximum atomic E-state index is 12.6. The third-order valence-corrected chi connectivity index (χ3v) is 4.69. The number of amides is 1. The summed E-state index contributed by atoms with van der Waals surface area (Å²) in [5.41, 5.74) is 8.28. The lowest BCUT2D eigenvalue weighted by atomic mass is 10.0. The first kappa shape index (κ1) is 19.0. The minimum Gasteiger partial charge on any atom is -0.508 e. The van der Waals surface area contributed by atoms with Gasteiger partial charge in [-0.15, -0.1) is 23.7 Å². The van der Waals surface area contributed by atoms with Crippen LogP contribution in [0, 0.1) is 0 Å². The Labute approximate surface area is 156 Å². The fourth-order valence-electron chi connectivity index (χ4n) is 2.48. The summed E-state index contributed by atoms with van der Waals surface area (Å²) in [4.78, 5) is 13.7. The van der Waals surface area contributed by atoms with Crippen molar-refractivity contribution < 1.29 is 9.90 Å². The van der Waals surface area contributed by atoms with E-state index in [-0.39, 0.29) is 36.7 Å². The molecule has 0 aliphatic rings. The molecule has 0 radical (unpaired) electrons. The number of nitrogens with two attached hydrogens (primary N) is 1. The molecule has 0 bridgehead atoms. The fraction of sp³-hybridized carbons (Fsp3) is 0.105. The highest BCUT2D eigenvalue weighted by Crippen LogP contribution is 2.25. The zero-order valence-corrected chi connectivity index (χ0v) is 15.0. The third-order valence-electron chi connectivity index (χ3n) is 3.77. The van der Waals surface area contributed by atoms with Gasteiger partial charge >= 0.3 is 0 Å². The van der Waals surface area contributed by atoms with Gasteiger partial charge in [-0.3, -0.25) is 4.79 Å². The second kappa shape index (κ2) is 8.67. The van der Waals surface area contributed by atoms with Crippen LogP contribution in [-0.2, 0) is 0 Å². The van der Waals surface area contributed by atoms with E-state index < -0.39 is 0 Å². The van der Waals surface area contributed by atoms with Crippen LogP contribution in [0.4, 0.5) is 0 Å². The molecular formula is C19H19ClN2O2S. The predicted molar refractivity (Wildman–Crippen MR) is 104 cm³/mol. The van der Waals surface area contributed by atoms with Crippen molar-refractivity contribution in [2.24, 2.45) is 5.73 Å². The van der Waals surface area contributed by atoms with Gasteiger partial charge in [0.15, 0.2) is 0 Å². The summed E-state index contributed by atoms with van der Waals surface area (Å²) in [6.45, 7) is 0.279. The number of benzene rings is 2. The Morgan fingerprint density at radius 2 is 1.88 bits per heavy atom. The monoisotopic (exact) mass is 374 g/mol. The molecule has 1 unspecified atom stereocenters. The molecule has 1 atom stereocenters. The van der Waals surface area contributed by atoms with Crippen molar-refractivity contribution in [3.63, 3.8) is 0 Å². The van der Waals surface area contributed by atoms with Crippen LogP contribution in [0.15, 0.2) is 66.0 Å². The van der Waals surface area contributed by atoms with Gasteiger partial charge in [0, 0.05) is 17.0 Å². The number of hydrogen-bond acceptors (Lipinski definition) is 4. The van der Waals surface area contributed by atoms with Gasteiger partial charge in [0.25, 0.3) is 5.91 Å². The lowest BCUT2D eigenvalue weighted by Gasteiger charge is -2.17. The van der Waals surface area contributed by atoms with Gasteiger partial charge in [0.2, 0.25) is 0 Å². The SMILES string of the molecule is Cl.NCC(NC(=O)c1cccc(-c2cccs2)c1)c1ccc(O)cc1. The number of thiophene rings is 1. The van der Waals surface area contributed by atoms with E-state index in [9.17, 15) is 9.90 Å². The number of hydrogen-bond donors (Lipinski definition) is 3. The molecule has 0 fully saturated rings. The van der Waals surface area contributed by atoms with Gasteiger partial charge in [-0.1, -0.05) is 30.3 Å². The average Bonchev–Trinajstić information content (AvgIpc) is 3.15. The highest BCUT2D eigenvalue weighted by atomic mass is 35.5. The molecule has 1 amide bonds. The summed E-state index contributed by atoms with van der Waals surface area (Å²) in [7, 11) is 0. The van der Waals surface area contributed by atoms with Crippen LogP contribution in [0.5, 0.6) is 5.75 Å². The summed E-state index contributed by atoms with van der Waals surface area (Å²) < 4.78 is 0. The molecule has 6 heteroatoms. The molecule has 0 aliphatic heterocycles. The molecule has 0 spiro atoms. The third kappa shape index (κ3) is 4.60. The van der Waals surface area contributed by atoms with Gasteiger partial charge < -0.3 is 16.2 Å². The molecule has 0 saturated carbocycles. The number of rotatable bonds is 5. The number of phenols is 1. The summed E-state index contributed by atoms with van der Waals surface area (Å²) in [6.07, 6.45) is 0. The van der Waals surface area contributed by atoms with E-state index in [0.29, 0.717) is 5.56 Å². The largest absolute Gasteiger partial charge is 0.508 e. The van der Waals surface area contributed by atoms with Crippen LogP contribution in [0.3, 0.4) is 0 Å². The number of carbonyl (C=O) groups is 1. The molecule has 25 heavy (non-hydrogen) atoms. The Balaban J connectivity index is 0.00000225. The fourth-order valence-corrected chi connectivity index (χ4v) is 3.21. The Kier molecular flexibility index (Phi) is 6.58. The van der Waals surface area contributed by atoms with E-state index in [1.165, 1.54) is 0 Å². The van der Waals surface area contributed by atoms with Crippen LogP contribution >= 0.6 is 23.7 Å². The molecular weight excluding hydrogens is 356 g/mol. The molecule has 3 aromatic rings. The van der Waals surface area contributed by atoms with E-state index in [1.807, 2.05) is 35.7 Å². The zero-order valence-electron chi connectivity index (χ0n) is 13.4. The van der Waals surface area contributed by atoms with Crippen molar-refractivity contribution in [3.8, 4) is 16.2 Å². The minimum atomic E-state index is -0.302. The van der Waals surface area contributed by atoms with Crippen molar-refractivity contribution in [2.45, 2.75) is 6.04 Å². The highest BCUT2D eigenvalue weighted by molar-refractivity contribution is 7.13. The summed E-state index contributed by atoms with van der Waals surface area (Å²) in [5, 5.41) is 14.3. The first-order chi connectivity index (χ1) is 11.7. The number of phenolic OH excluding ortho intramolecular Hbond substituents is 1. The molecule has 4 N–H and O–H groups in total. The Morgan fingerprint density at radius 1 is 1.12 bits per heavy atom. The van der Waals surface area contributed by atoms with Crippen LogP contribution in [0.25, 0.3) is 10.4 Å². The van der Waals surface area contributed by atoms with E-state index in [0.717, 1.165) is 16.0 Å². The van der Waals surface area contributed by atoms with Crippen LogP contribution < -0.4 is 11.1 Å². The van der Waals surface area contributed by atoms with E-state index in [4.69, 9.17) is 5.73 Å². The van der Waals surface area contributed by atoms with E-state index in [2.05, 4.69) is 5.32 Å². The van der Waals surface area contributed by atoms with Crippen LogP contribution in [0.2, 0.25) is 0 Å². The van der Waals surface area contributed by atoms with E-state index in [1.54, 1.807) is 41.7 Å². The first-order valence-electron chi connectivity index (χ1n) is 7.61. The minimum absolute atomic E-state index is 0. The quantitative estimate of drug-likeness (QED) is 0.632. The second-order valence-corrected chi connectivity index (χ2v) is 6.36. The maximum Gasteiger partial charge on any atom is 0.251 e. The van der Waals surface area contributed by atoms with Crippen molar-refractivity contribution in [3.05, 3.63) is 77.2 Å². The predicted octanol–water partition coefficient (Wildman–Crippen LogP) is 3.97. The maximum absolute atomic E-state index is 12.6. The van der Waals surface area contributed by atoms with Crippen molar-refractivity contribution >= 4 is 29.7 Å². The van der Waals surface area contributed by atoms with Crippen molar-refractivity contribution in [1.82, 2.24) is 5.32 Å². The van der Waals surface area contributed by atoms with Crippen LogP contribution in [-0.4, -0.2) is 17.6 Å². The molecule has 4 nitrogen and oxygen atoms in total. The molecule has 1 heterocycles. The van der Waals surface area contributed by atoms with Gasteiger partial charge in [-0.05, 0) is 46.8 Å². The lowest BCUT2D eigenvalue weighted by Crippen LogP contribution is -2.33. The second-order valence-electron chi connectivity index (χ2n) is 5.41. The van der Waals surface area contributed by atoms with Crippen molar-refractivity contribution in [2.75, 3.05) is 6.54 Å². The normalized spacial score (nSPS) is 11.4. The zero-order chi connectivity index (χ0) is 16.9. The molecule has 0 aliphatic carbocycles.